The van der Waals surface area contributed by atoms with E-state index in [-0.39, 0.29) is 11.1 Å². The van der Waals surface area contributed by atoms with Gasteiger partial charge in [-0.2, -0.15) is 18.3 Å². The summed E-state index contributed by atoms with van der Waals surface area (Å²) >= 11 is 0.780. The zero-order chi connectivity index (χ0) is 16.9. The van der Waals surface area contributed by atoms with E-state index < -0.39 is 33.7 Å². The number of aryl methyl sites for hydroxylation is 1. The Balaban J connectivity index is 2.27. The molecule has 5 nitrogen and oxygen atoms in total. The van der Waals surface area contributed by atoms with Gasteiger partial charge in [0.05, 0.1) is 10.2 Å². The fraction of sp³-hybridized carbons (Fsp3) is 0.154. The molecule has 2 heterocycles. The number of halogens is 4. The van der Waals surface area contributed by atoms with Crippen LogP contribution in [0, 0.1) is 5.82 Å². The summed E-state index contributed by atoms with van der Waals surface area (Å²) in [5, 5.41) is 3.54. The molecule has 1 aromatic carbocycles. The molecule has 0 atom stereocenters. The molecule has 0 bridgehead atoms. The summed E-state index contributed by atoms with van der Waals surface area (Å²) in [5.74, 6) is -0.850. The lowest BCUT2D eigenvalue weighted by Crippen LogP contribution is -2.22. The van der Waals surface area contributed by atoms with Gasteiger partial charge in [-0.15, -0.1) is 0 Å². The minimum absolute atomic E-state index is 0.277. The largest absolute Gasteiger partial charge is 0.433 e. The first-order chi connectivity index (χ1) is 10.7. The molecule has 120 valence electrons. The molecule has 3 aromatic rings. The third kappa shape index (κ3) is 2.65. The highest BCUT2D eigenvalue weighted by molar-refractivity contribution is 7.16. The summed E-state index contributed by atoms with van der Waals surface area (Å²) in [6.07, 6.45) is -4.75. The molecule has 0 radical (unpaired) electrons. The van der Waals surface area contributed by atoms with E-state index in [1.54, 1.807) is 0 Å². The third-order valence-electron chi connectivity index (χ3n) is 3.15. The normalized spacial score (nSPS) is 12.0. The number of thiazole rings is 1. The van der Waals surface area contributed by atoms with Crippen LogP contribution in [-0.2, 0) is 13.2 Å². The van der Waals surface area contributed by atoms with Crippen molar-refractivity contribution >= 4 is 21.6 Å². The molecular weight excluding hydrogens is 338 g/mol. The third-order valence-corrected chi connectivity index (χ3v) is 4.00. The second kappa shape index (κ2) is 5.01. The van der Waals surface area contributed by atoms with E-state index in [1.807, 2.05) is 0 Å². The molecule has 23 heavy (non-hydrogen) atoms. The molecule has 10 heteroatoms. The number of nitrogens with one attached hydrogen (secondary N) is 1. The number of hydrogen-bond acceptors (Lipinski definition) is 4. The highest BCUT2D eigenvalue weighted by Crippen LogP contribution is 2.29. The van der Waals surface area contributed by atoms with E-state index in [2.05, 4.69) is 10.1 Å². The van der Waals surface area contributed by atoms with Crippen LogP contribution in [-0.4, -0.2) is 14.8 Å². The van der Waals surface area contributed by atoms with Crippen molar-refractivity contribution in [3.8, 4) is 11.3 Å². The van der Waals surface area contributed by atoms with Crippen LogP contribution < -0.4 is 10.3 Å². The van der Waals surface area contributed by atoms with E-state index >= 15 is 0 Å². The van der Waals surface area contributed by atoms with Crippen molar-refractivity contribution in [1.29, 1.82) is 0 Å². The molecule has 0 amide bonds. The number of benzene rings is 1. The second-order valence-electron chi connectivity index (χ2n) is 4.71. The molecule has 3 rings (SSSR count). The van der Waals surface area contributed by atoms with Crippen molar-refractivity contribution in [2.75, 3.05) is 0 Å². The molecule has 0 aliphatic carbocycles. The maximum atomic E-state index is 14.1. The minimum atomic E-state index is -4.75. The zero-order valence-electron chi connectivity index (χ0n) is 11.4. The number of aromatic nitrogens is 3. The minimum Gasteiger partial charge on any atom is -0.312 e. The Labute approximate surface area is 128 Å². The second-order valence-corrected chi connectivity index (χ2v) is 5.72. The number of H-pyrrole nitrogens is 1. The fourth-order valence-electron chi connectivity index (χ4n) is 2.14. The quantitative estimate of drug-likeness (QED) is 0.689. The van der Waals surface area contributed by atoms with Gasteiger partial charge in [-0.05, 0) is 12.1 Å². The first kappa shape index (κ1) is 15.4. The highest BCUT2D eigenvalue weighted by atomic mass is 32.1. The molecule has 0 spiro atoms. The van der Waals surface area contributed by atoms with Crippen molar-refractivity contribution in [3.63, 3.8) is 0 Å². The Bertz CT molecular complexity index is 1030. The molecule has 0 unspecified atom stereocenters. The van der Waals surface area contributed by atoms with E-state index in [4.69, 9.17) is 0 Å². The first-order valence-corrected chi connectivity index (χ1v) is 6.97. The predicted octanol–water partition coefficient (Wildman–Crippen LogP) is 2.51. The summed E-state index contributed by atoms with van der Waals surface area (Å²) in [4.78, 5) is 25.2. The maximum absolute atomic E-state index is 14.1. The monoisotopic (exact) mass is 345 g/mol. The summed E-state index contributed by atoms with van der Waals surface area (Å²) in [7, 11) is 1.01. The predicted molar refractivity (Wildman–Crippen MR) is 75.9 cm³/mol. The van der Waals surface area contributed by atoms with Crippen LogP contribution in [0.4, 0.5) is 17.6 Å². The van der Waals surface area contributed by atoms with Gasteiger partial charge in [-0.3, -0.25) is 14.3 Å². The summed E-state index contributed by atoms with van der Waals surface area (Å²) in [6, 6.07) is 2.58. The highest BCUT2D eigenvalue weighted by Gasteiger charge is 2.34. The standard InChI is InChI=1S/C13H7F4N3O2S/c1-20-10(13(15,16)17)4-8(21)11(19-20)5-2-7-9(3-6(5)14)23-12(22)18-7/h2-4H,1H3,(H,18,22). The van der Waals surface area contributed by atoms with Gasteiger partial charge in [0.15, 0.2) is 0 Å². The smallest absolute Gasteiger partial charge is 0.312 e. The number of alkyl halides is 3. The van der Waals surface area contributed by atoms with Crippen LogP contribution >= 0.6 is 11.3 Å². The van der Waals surface area contributed by atoms with Gasteiger partial charge in [0, 0.05) is 18.7 Å². The van der Waals surface area contributed by atoms with Crippen LogP contribution in [0.1, 0.15) is 5.69 Å². The van der Waals surface area contributed by atoms with Crippen molar-refractivity contribution in [2.24, 2.45) is 7.05 Å². The summed E-state index contributed by atoms with van der Waals surface area (Å²) in [5.41, 5.74) is -2.77. The van der Waals surface area contributed by atoms with E-state index in [1.165, 1.54) is 6.07 Å². The lowest BCUT2D eigenvalue weighted by molar-refractivity contribution is -0.144. The van der Waals surface area contributed by atoms with Gasteiger partial charge in [-0.25, -0.2) is 4.39 Å². The number of nitrogens with zero attached hydrogens (tertiary/aromatic N) is 2. The van der Waals surface area contributed by atoms with Gasteiger partial charge < -0.3 is 4.98 Å². The Morgan fingerprint density at radius 2 is 1.91 bits per heavy atom. The number of aromatic amines is 1. The fourth-order valence-corrected chi connectivity index (χ4v) is 2.89. The van der Waals surface area contributed by atoms with Gasteiger partial charge in [0.1, 0.15) is 17.2 Å². The molecule has 0 saturated heterocycles. The van der Waals surface area contributed by atoms with Crippen LogP contribution in [0.3, 0.4) is 0 Å². The van der Waals surface area contributed by atoms with Gasteiger partial charge >= 0.3 is 11.0 Å². The number of rotatable bonds is 1. The molecule has 1 N–H and O–H groups in total. The SMILES string of the molecule is Cn1nc(-c2cc3[nH]c(=O)sc3cc2F)c(=O)cc1C(F)(F)F. The number of fused-ring (bicyclic) bond motifs is 1. The topological polar surface area (TPSA) is 67.8 Å². The van der Waals surface area contributed by atoms with Gasteiger partial charge in [-0.1, -0.05) is 11.3 Å². The van der Waals surface area contributed by atoms with E-state index in [9.17, 15) is 27.2 Å². The van der Waals surface area contributed by atoms with Crippen LogP contribution in [0.5, 0.6) is 0 Å². The van der Waals surface area contributed by atoms with Crippen molar-refractivity contribution < 1.29 is 17.6 Å². The van der Waals surface area contributed by atoms with E-state index in [0.29, 0.717) is 15.4 Å². The van der Waals surface area contributed by atoms with Crippen LogP contribution in [0.25, 0.3) is 21.5 Å². The van der Waals surface area contributed by atoms with Gasteiger partial charge in [0.2, 0.25) is 5.43 Å². The lowest BCUT2D eigenvalue weighted by Gasteiger charge is -2.12. The van der Waals surface area contributed by atoms with E-state index in [0.717, 1.165) is 24.5 Å². The van der Waals surface area contributed by atoms with Crippen LogP contribution in [0.15, 0.2) is 27.8 Å². The van der Waals surface area contributed by atoms with Gasteiger partial charge in [0.25, 0.3) is 0 Å². The van der Waals surface area contributed by atoms with Crippen molar-refractivity contribution in [3.05, 3.63) is 49.6 Å². The number of hydrogen-bond donors (Lipinski definition) is 1. The molecular formula is C13H7F4N3O2S. The Morgan fingerprint density at radius 3 is 2.57 bits per heavy atom. The van der Waals surface area contributed by atoms with Crippen molar-refractivity contribution in [2.45, 2.75) is 6.18 Å². The average molecular weight is 345 g/mol. The lowest BCUT2D eigenvalue weighted by atomic mass is 10.1. The molecule has 0 saturated carbocycles. The molecule has 0 aliphatic heterocycles. The Kier molecular flexibility index (Phi) is 3.36. The molecule has 0 aliphatic rings. The van der Waals surface area contributed by atoms with Crippen LogP contribution in [0.2, 0.25) is 0 Å². The summed E-state index contributed by atoms with van der Waals surface area (Å²) in [6.45, 7) is 0. The Hall–Kier alpha value is -2.49. The molecule has 2 aromatic heterocycles. The maximum Gasteiger partial charge on any atom is 0.433 e. The Morgan fingerprint density at radius 1 is 1.22 bits per heavy atom. The molecule has 0 fully saturated rings. The van der Waals surface area contributed by atoms with Crippen molar-refractivity contribution in [1.82, 2.24) is 14.8 Å². The average Bonchev–Trinajstić information content (AvgIpc) is 2.78. The summed E-state index contributed by atoms with van der Waals surface area (Å²) < 4.78 is 53.2. The first-order valence-electron chi connectivity index (χ1n) is 6.15. The zero-order valence-corrected chi connectivity index (χ0v) is 12.2.